The number of hydrogen-bond donors (Lipinski definition) is 3. The maximum Gasteiger partial charge on any atom is 0.194 e. The molecule has 2 aromatic heterocycles. The maximum absolute atomic E-state index is 13.7. The van der Waals surface area contributed by atoms with E-state index in [1.807, 2.05) is 6.07 Å². The van der Waals surface area contributed by atoms with Crippen LogP contribution in [0.1, 0.15) is 36.3 Å². The molecule has 5 rings (SSSR count). The van der Waals surface area contributed by atoms with E-state index in [9.17, 15) is 28.5 Å². The Morgan fingerprint density at radius 1 is 1.03 bits per heavy atom. The van der Waals surface area contributed by atoms with Gasteiger partial charge >= 0.3 is 0 Å². The fraction of sp³-hybridized carbons (Fsp3) is 0.542. The van der Waals surface area contributed by atoms with Crippen LogP contribution >= 0.6 is 0 Å². The van der Waals surface area contributed by atoms with Gasteiger partial charge in [0, 0.05) is 24.0 Å². The quantitative estimate of drug-likeness (QED) is 0.411. The monoisotopic (exact) mass is 523 g/mol. The molecule has 200 valence electrons. The number of hydrogen-bond acceptors (Lipinski definition) is 9. The predicted octanol–water partition coefficient (Wildman–Crippen LogP) is 1.42. The Hall–Kier alpha value is -2.84. The van der Waals surface area contributed by atoms with Gasteiger partial charge < -0.3 is 29.5 Å². The van der Waals surface area contributed by atoms with E-state index in [1.165, 1.54) is 6.20 Å². The molecule has 37 heavy (non-hydrogen) atoms. The van der Waals surface area contributed by atoms with Crippen molar-refractivity contribution in [2.45, 2.75) is 55.6 Å². The van der Waals surface area contributed by atoms with E-state index in [-0.39, 0.29) is 23.6 Å². The van der Waals surface area contributed by atoms with Crippen molar-refractivity contribution in [3.63, 3.8) is 0 Å². The lowest BCUT2D eigenvalue weighted by Gasteiger charge is -2.42. The minimum absolute atomic E-state index is 0.0000557. The summed E-state index contributed by atoms with van der Waals surface area (Å²) in [4.78, 5) is 2.25. The number of rotatable bonds is 6. The van der Waals surface area contributed by atoms with Gasteiger partial charge in [-0.3, -0.25) is 0 Å². The van der Waals surface area contributed by atoms with Crippen molar-refractivity contribution in [2.24, 2.45) is 0 Å². The van der Waals surface area contributed by atoms with Crippen LogP contribution in [0.25, 0.3) is 11.3 Å². The molecule has 2 aliphatic heterocycles. The Kier molecular flexibility index (Phi) is 7.32. The summed E-state index contributed by atoms with van der Waals surface area (Å²) in [5.74, 6) is -3.36. The molecule has 0 amide bonds. The van der Waals surface area contributed by atoms with Gasteiger partial charge in [0.15, 0.2) is 17.5 Å². The molecule has 10 nitrogen and oxygen atoms in total. The van der Waals surface area contributed by atoms with E-state index in [0.717, 1.165) is 48.5 Å². The van der Waals surface area contributed by atoms with E-state index in [2.05, 4.69) is 27.4 Å². The molecular weight excluding hydrogens is 495 g/mol. The van der Waals surface area contributed by atoms with Crippen molar-refractivity contribution in [3.05, 3.63) is 53.3 Å². The number of aliphatic hydroxyl groups is 3. The van der Waals surface area contributed by atoms with Gasteiger partial charge in [0.2, 0.25) is 0 Å². The van der Waals surface area contributed by atoms with Crippen molar-refractivity contribution >= 4 is 0 Å². The molecule has 0 aliphatic carbocycles. The van der Waals surface area contributed by atoms with Crippen LogP contribution in [0, 0.1) is 17.5 Å². The summed E-state index contributed by atoms with van der Waals surface area (Å²) in [7, 11) is 2.07. The fourth-order valence-electron chi connectivity index (χ4n) is 5.03. The Labute approximate surface area is 210 Å². The van der Waals surface area contributed by atoms with Crippen molar-refractivity contribution < 1.29 is 37.8 Å². The van der Waals surface area contributed by atoms with Gasteiger partial charge in [-0.1, -0.05) is 10.4 Å². The van der Waals surface area contributed by atoms with Crippen LogP contribution in [0.2, 0.25) is 0 Å². The topological polar surface area (TPSA) is 130 Å². The maximum atomic E-state index is 13.7. The third-order valence-corrected chi connectivity index (χ3v) is 7.19. The van der Waals surface area contributed by atoms with E-state index in [1.54, 1.807) is 0 Å². The van der Waals surface area contributed by atoms with Gasteiger partial charge in [0.1, 0.15) is 35.8 Å². The lowest BCUT2D eigenvalue weighted by atomic mass is 9.90. The number of ether oxygens (including phenoxy) is 1. The number of piperidine rings is 1. The largest absolute Gasteiger partial charge is 0.394 e. The molecule has 2 fully saturated rings. The summed E-state index contributed by atoms with van der Waals surface area (Å²) in [5.41, 5.74) is 0.486. The lowest BCUT2D eigenvalue weighted by molar-refractivity contribution is -0.205. The zero-order valence-corrected chi connectivity index (χ0v) is 20.0. The van der Waals surface area contributed by atoms with Crippen molar-refractivity contribution in [3.8, 4) is 11.3 Å². The number of aromatic nitrogens is 4. The molecule has 0 bridgehead atoms. The molecule has 3 N–H and O–H groups in total. The van der Waals surface area contributed by atoms with Crippen molar-refractivity contribution in [1.29, 1.82) is 0 Å². The highest BCUT2D eigenvalue weighted by molar-refractivity contribution is 5.57. The number of nitrogens with zero attached hydrogens (tertiary/aromatic N) is 5. The van der Waals surface area contributed by atoms with E-state index >= 15 is 0 Å². The molecule has 4 heterocycles. The van der Waals surface area contributed by atoms with Crippen molar-refractivity contribution in [1.82, 2.24) is 25.1 Å². The van der Waals surface area contributed by atoms with Gasteiger partial charge in [-0.25, -0.2) is 17.9 Å². The van der Waals surface area contributed by atoms with Crippen LogP contribution in [0.5, 0.6) is 0 Å². The first-order valence-corrected chi connectivity index (χ1v) is 12.1. The first-order valence-electron chi connectivity index (χ1n) is 12.1. The number of benzene rings is 1. The molecule has 2 saturated heterocycles. The Morgan fingerprint density at radius 3 is 2.38 bits per heavy atom. The zero-order valence-electron chi connectivity index (χ0n) is 20.0. The standard InChI is InChI=1S/C24H28F3N5O5/c1-31-4-2-12(3-5-31)18-8-14(29-37-18)9-19-23(34)22(24(35)20(11-33)36-19)32-10-17(28-30-32)13-6-15(25)21(27)16(26)7-13/h6-8,10,12,19-20,22-24,33-35H,2-5,9,11H2,1H3/t19-,20-,22-,23+,24+/m1/s1. The highest BCUT2D eigenvalue weighted by Gasteiger charge is 2.46. The summed E-state index contributed by atoms with van der Waals surface area (Å²) >= 11 is 0. The summed E-state index contributed by atoms with van der Waals surface area (Å²) in [6, 6.07) is 2.28. The van der Waals surface area contributed by atoms with Crippen LogP contribution in [-0.2, 0) is 11.2 Å². The lowest BCUT2D eigenvalue weighted by Crippen LogP contribution is -2.56. The van der Waals surface area contributed by atoms with Crippen molar-refractivity contribution in [2.75, 3.05) is 26.7 Å². The second-order valence-electron chi connectivity index (χ2n) is 9.71. The third kappa shape index (κ3) is 5.14. The smallest absolute Gasteiger partial charge is 0.194 e. The molecule has 3 aromatic rings. The molecular formula is C24H28F3N5O5. The zero-order chi connectivity index (χ0) is 26.3. The van der Waals surface area contributed by atoms with Gasteiger partial charge in [-0.15, -0.1) is 5.10 Å². The first kappa shape index (κ1) is 25.8. The third-order valence-electron chi connectivity index (χ3n) is 7.19. The van der Waals surface area contributed by atoms with Crippen LogP contribution in [0.15, 0.2) is 28.9 Å². The van der Waals surface area contributed by atoms with Gasteiger partial charge in [0.25, 0.3) is 0 Å². The minimum atomic E-state index is -1.60. The molecule has 0 spiro atoms. The van der Waals surface area contributed by atoms with Crippen LogP contribution < -0.4 is 0 Å². The van der Waals surface area contributed by atoms with Gasteiger partial charge in [-0.05, 0) is 45.1 Å². The normalized spacial score (nSPS) is 27.6. The minimum Gasteiger partial charge on any atom is -0.394 e. The molecule has 1 aromatic carbocycles. The summed E-state index contributed by atoms with van der Waals surface area (Å²) in [5, 5.41) is 43.6. The molecule has 0 saturated carbocycles. The molecule has 0 radical (unpaired) electrons. The summed E-state index contributed by atoms with van der Waals surface area (Å²) in [6.07, 6.45) is -1.30. The first-order chi connectivity index (χ1) is 17.7. The van der Waals surface area contributed by atoms with Crippen LogP contribution in [0.3, 0.4) is 0 Å². The fourth-order valence-corrected chi connectivity index (χ4v) is 5.03. The Bertz CT molecular complexity index is 1210. The van der Waals surface area contributed by atoms with Crippen LogP contribution in [-0.4, -0.2) is 91.5 Å². The average Bonchev–Trinajstić information content (AvgIpc) is 3.55. The summed E-state index contributed by atoms with van der Waals surface area (Å²) < 4.78 is 53.2. The highest BCUT2D eigenvalue weighted by atomic mass is 19.2. The highest BCUT2D eigenvalue weighted by Crippen LogP contribution is 2.34. The average molecular weight is 524 g/mol. The SMILES string of the molecule is CN1CCC(c2cc(C[C@H]3O[C@H](CO)[C@H](O)[C@H](n4cc(-c5cc(F)c(F)c(F)c5)nn4)[C@H]3O)no2)CC1. The van der Waals surface area contributed by atoms with E-state index in [0.29, 0.717) is 5.69 Å². The summed E-state index contributed by atoms with van der Waals surface area (Å²) in [6.45, 7) is 1.39. The Morgan fingerprint density at radius 2 is 1.70 bits per heavy atom. The van der Waals surface area contributed by atoms with E-state index in [4.69, 9.17) is 9.26 Å². The number of aliphatic hydroxyl groups excluding tert-OH is 3. The second-order valence-corrected chi connectivity index (χ2v) is 9.71. The predicted molar refractivity (Wildman–Crippen MR) is 122 cm³/mol. The molecule has 5 atom stereocenters. The molecule has 13 heteroatoms. The Balaban J connectivity index is 1.35. The second kappa shape index (κ2) is 10.5. The van der Waals surface area contributed by atoms with Gasteiger partial charge in [0.05, 0.1) is 24.6 Å². The van der Waals surface area contributed by atoms with E-state index < -0.39 is 54.5 Å². The molecule has 2 aliphatic rings. The number of halogens is 3. The molecule has 0 unspecified atom stereocenters. The van der Waals surface area contributed by atoms with Crippen LogP contribution in [0.4, 0.5) is 13.2 Å². The number of likely N-dealkylation sites (tertiary alicyclic amines) is 1. The van der Waals surface area contributed by atoms with Gasteiger partial charge in [-0.2, -0.15) is 0 Å².